The lowest BCUT2D eigenvalue weighted by molar-refractivity contribution is 0.0760. The normalized spacial score (nSPS) is 11.4. The predicted octanol–water partition coefficient (Wildman–Crippen LogP) is 2.37. The molecule has 0 saturated heterocycles. The van der Waals surface area contributed by atoms with E-state index in [0.29, 0.717) is 11.3 Å². The largest absolute Gasteiger partial charge is 0.379 e. The molecule has 4 nitrogen and oxygen atoms in total. The molecule has 0 bridgehead atoms. The molecule has 98 valence electrons. The highest BCUT2D eigenvalue weighted by molar-refractivity contribution is 6.29. The van der Waals surface area contributed by atoms with Crippen LogP contribution in [0.25, 0.3) is 0 Å². The van der Waals surface area contributed by atoms with Gasteiger partial charge < -0.3 is 14.6 Å². The molecule has 1 N–H and O–H groups in total. The van der Waals surface area contributed by atoms with Crippen molar-refractivity contribution in [3.8, 4) is 0 Å². The molecule has 0 radical (unpaired) electrons. The number of halogens is 1. The fourth-order valence-electron chi connectivity index (χ4n) is 1.46. The molecule has 5 heteroatoms. The summed E-state index contributed by atoms with van der Waals surface area (Å²) in [6, 6.07) is 0. The van der Waals surface area contributed by atoms with Crippen LogP contribution < -0.4 is 5.32 Å². The van der Waals surface area contributed by atoms with Gasteiger partial charge in [0.2, 0.25) is 0 Å². The van der Waals surface area contributed by atoms with E-state index in [-0.39, 0.29) is 0 Å². The molecule has 0 fully saturated rings. The number of ether oxygens (including phenoxy) is 1. The Bertz CT molecular complexity index is 326. The zero-order valence-corrected chi connectivity index (χ0v) is 11.6. The maximum Gasteiger partial charge on any atom is 0.128 e. The van der Waals surface area contributed by atoms with Crippen LogP contribution in [0.5, 0.6) is 0 Å². The summed E-state index contributed by atoms with van der Waals surface area (Å²) in [6.07, 6.45) is 4.21. The highest BCUT2D eigenvalue weighted by Gasteiger charge is 2.02. The monoisotopic (exact) mass is 259 g/mol. The van der Waals surface area contributed by atoms with Gasteiger partial charge in [0.1, 0.15) is 11.0 Å². The second-order valence-corrected chi connectivity index (χ2v) is 4.75. The minimum absolute atomic E-state index is 0.331. The maximum absolute atomic E-state index is 5.90. The molecule has 1 aromatic heterocycles. The Morgan fingerprint density at radius 1 is 1.47 bits per heavy atom. The molecule has 0 unspecified atom stereocenters. The summed E-state index contributed by atoms with van der Waals surface area (Å²) in [4.78, 5) is 4.22. The molecule has 0 atom stereocenters. The summed E-state index contributed by atoms with van der Waals surface area (Å²) >= 11 is 5.90. The van der Waals surface area contributed by atoms with Crippen LogP contribution in [0.2, 0.25) is 5.15 Å². The lowest BCUT2D eigenvalue weighted by Gasteiger charge is -2.08. The summed E-state index contributed by atoms with van der Waals surface area (Å²) < 4.78 is 7.35. The third-order valence-corrected chi connectivity index (χ3v) is 2.86. The second-order valence-electron chi connectivity index (χ2n) is 4.36. The van der Waals surface area contributed by atoms with Gasteiger partial charge in [-0.2, -0.15) is 0 Å². The molecule has 1 rings (SSSR count). The molecule has 0 aliphatic rings. The minimum atomic E-state index is 0.331. The zero-order chi connectivity index (χ0) is 12.7. The van der Waals surface area contributed by atoms with Gasteiger partial charge in [-0.25, -0.2) is 4.98 Å². The van der Waals surface area contributed by atoms with E-state index >= 15 is 0 Å². The molecule has 0 spiro atoms. The van der Waals surface area contributed by atoms with Gasteiger partial charge in [0.05, 0.1) is 18.8 Å². The number of nitrogens with one attached hydrogen (secondary N) is 1. The maximum atomic E-state index is 5.90. The van der Waals surface area contributed by atoms with Crippen molar-refractivity contribution in [1.82, 2.24) is 14.9 Å². The Morgan fingerprint density at radius 2 is 2.24 bits per heavy atom. The zero-order valence-electron chi connectivity index (χ0n) is 10.9. The van der Waals surface area contributed by atoms with Gasteiger partial charge >= 0.3 is 0 Å². The molecule has 0 aliphatic heterocycles. The van der Waals surface area contributed by atoms with Crippen LogP contribution in [0.3, 0.4) is 0 Å². The lowest BCUT2D eigenvalue weighted by Crippen LogP contribution is -2.18. The van der Waals surface area contributed by atoms with Gasteiger partial charge in [-0.05, 0) is 33.2 Å². The number of unbranched alkanes of at least 4 members (excludes halogenated alkanes) is 1. The average Bonchev–Trinajstić information content (AvgIpc) is 2.59. The van der Waals surface area contributed by atoms with Gasteiger partial charge in [0.15, 0.2) is 0 Å². The number of hydrogen-bond acceptors (Lipinski definition) is 3. The summed E-state index contributed by atoms with van der Waals surface area (Å²) in [5.74, 6) is 0.966. The Balaban J connectivity index is 2.03. The third-order valence-electron chi connectivity index (χ3n) is 2.51. The Labute approximate surface area is 108 Å². The summed E-state index contributed by atoms with van der Waals surface area (Å²) in [7, 11) is 1.92. The lowest BCUT2D eigenvalue weighted by atomic mass is 10.3. The van der Waals surface area contributed by atoms with Gasteiger partial charge in [0, 0.05) is 13.7 Å². The van der Waals surface area contributed by atoms with Gasteiger partial charge in [-0.1, -0.05) is 11.6 Å². The van der Waals surface area contributed by atoms with Crippen molar-refractivity contribution in [1.29, 1.82) is 0 Å². The van der Waals surface area contributed by atoms with Crippen LogP contribution >= 0.6 is 11.6 Å². The minimum Gasteiger partial charge on any atom is -0.379 e. The summed E-state index contributed by atoms with van der Waals surface area (Å²) in [5.41, 5.74) is 0. The van der Waals surface area contributed by atoms with Crippen molar-refractivity contribution < 1.29 is 4.74 Å². The van der Waals surface area contributed by atoms with Crippen molar-refractivity contribution in [3.05, 3.63) is 17.2 Å². The van der Waals surface area contributed by atoms with Crippen LogP contribution in [0, 0.1) is 0 Å². The van der Waals surface area contributed by atoms with Crippen molar-refractivity contribution in [2.24, 2.45) is 7.05 Å². The highest BCUT2D eigenvalue weighted by Crippen LogP contribution is 2.08. The Hall–Kier alpha value is -0.580. The number of aromatic nitrogens is 2. The Kier molecular flexibility index (Phi) is 6.55. The van der Waals surface area contributed by atoms with Crippen molar-refractivity contribution in [3.63, 3.8) is 0 Å². The molecule has 0 aromatic carbocycles. The summed E-state index contributed by atoms with van der Waals surface area (Å²) in [5, 5.41) is 4.02. The van der Waals surface area contributed by atoms with Crippen LogP contribution in [-0.2, 0) is 18.3 Å². The first-order valence-electron chi connectivity index (χ1n) is 6.09. The van der Waals surface area contributed by atoms with E-state index in [0.717, 1.165) is 38.4 Å². The van der Waals surface area contributed by atoms with Crippen LogP contribution in [0.4, 0.5) is 0 Å². The molecule has 1 aromatic rings. The molecular formula is C12H22ClN3O. The summed E-state index contributed by atoms with van der Waals surface area (Å²) in [6.45, 7) is 6.69. The van der Waals surface area contributed by atoms with Gasteiger partial charge in [0.25, 0.3) is 0 Å². The molecule has 0 saturated carbocycles. The van der Waals surface area contributed by atoms with Crippen molar-refractivity contribution >= 4 is 11.6 Å². The second kappa shape index (κ2) is 7.69. The fraction of sp³-hybridized carbons (Fsp3) is 0.750. The molecule has 0 aliphatic carbocycles. The van der Waals surface area contributed by atoms with E-state index < -0.39 is 0 Å². The topological polar surface area (TPSA) is 39.1 Å². The molecule has 1 heterocycles. The first-order valence-corrected chi connectivity index (χ1v) is 6.47. The quantitative estimate of drug-likeness (QED) is 0.729. The fourth-order valence-corrected chi connectivity index (χ4v) is 1.61. The smallest absolute Gasteiger partial charge is 0.128 e. The number of rotatable bonds is 8. The molecule has 0 amide bonds. The van der Waals surface area contributed by atoms with Crippen LogP contribution in [-0.4, -0.2) is 28.8 Å². The number of imidazole rings is 1. The molecular weight excluding hydrogens is 238 g/mol. The van der Waals surface area contributed by atoms with Crippen molar-refractivity contribution in [2.75, 3.05) is 13.2 Å². The van der Waals surface area contributed by atoms with Crippen LogP contribution in [0.15, 0.2) is 6.20 Å². The average molecular weight is 260 g/mol. The van der Waals surface area contributed by atoms with E-state index in [1.54, 1.807) is 6.20 Å². The van der Waals surface area contributed by atoms with Gasteiger partial charge in [-0.15, -0.1) is 0 Å². The van der Waals surface area contributed by atoms with E-state index in [1.165, 1.54) is 0 Å². The van der Waals surface area contributed by atoms with E-state index in [1.807, 2.05) is 11.6 Å². The Morgan fingerprint density at radius 3 is 2.82 bits per heavy atom. The first-order chi connectivity index (χ1) is 8.11. The number of hydrogen-bond donors (Lipinski definition) is 1. The number of nitrogens with zero attached hydrogens (tertiary/aromatic N) is 2. The van der Waals surface area contributed by atoms with Gasteiger partial charge in [-0.3, -0.25) is 0 Å². The molecule has 17 heavy (non-hydrogen) atoms. The first kappa shape index (κ1) is 14.5. The van der Waals surface area contributed by atoms with E-state index in [4.69, 9.17) is 16.3 Å². The SMILES string of the molecule is CC(C)OCCCCNCc1ncc(Cl)n1C. The predicted molar refractivity (Wildman–Crippen MR) is 70.2 cm³/mol. The van der Waals surface area contributed by atoms with Crippen molar-refractivity contribution in [2.45, 2.75) is 39.3 Å². The van der Waals surface area contributed by atoms with E-state index in [2.05, 4.69) is 24.1 Å². The standard InChI is InChI=1S/C12H22ClN3O/c1-10(2)17-7-5-4-6-14-9-12-15-8-11(13)16(12)3/h8,10,14H,4-7,9H2,1-3H3. The third kappa shape index (κ3) is 5.52. The van der Waals surface area contributed by atoms with E-state index in [9.17, 15) is 0 Å². The van der Waals surface area contributed by atoms with Crippen LogP contribution in [0.1, 0.15) is 32.5 Å². The highest BCUT2D eigenvalue weighted by atomic mass is 35.5.